The smallest absolute Gasteiger partial charge is 0.235 e. The largest absolute Gasteiger partial charge is 0.383 e. The van der Waals surface area contributed by atoms with E-state index in [1.54, 1.807) is 7.11 Å². The standard InChI is InChI=1S/C21H42N6O6/c1-7-29-14-25(12-13-28-6)19-22-20(26(15-30-8-2)16-31-9-3)24-21(23-19)27(17-32-10-4)18-33-11-5/h7-18H2,1-6H3. The first-order valence-corrected chi connectivity index (χ1v) is 11.5. The van der Waals surface area contributed by atoms with E-state index in [0.717, 1.165) is 0 Å². The molecule has 0 atom stereocenters. The first-order valence-electron chi connectivity index (χ1n) is 11.5. The fourth-order valence-electron chi connectivity index (χ4n) is 2.50. The fraction of sp³-hybridized carbons (Fsp3) is 0.857. The number of hydrogen-bond donors (Lipinski definition) is 0. The number of hydrogen-bond acceptors (Lipinski definition) is 12. The topological polar surface area (TPSA) is 104 Å². The molecular formula is C21H42N6O6. The SMILES string of the molecule is CCOCN(CCOC)c1nc(N(COCC)COCC)nc(N(COCC)COCC)n1. The maximum absolute atomic E-state index is 5.65. The van der Waals surface area contributed by atoms with Gasteiger partial charge in [-0.1, -0.05) is 0 Å². The van der Waals surface area contributed by atoms with E-state index < -0.39 is 0 Å². The predicted octanol–water partition coefficient (Wildman–Crippen LogP) is 1.91. The van der Waals surface area contributed by atoms with Crippen LogP contribution in [0.4, 0.5) is 17.8 Å². The van der Waals surface area contributed by atoms with E-state index in [9.17, 15) is 0 Å². The zero-order valence-corrected chi connectivity index (χ0v) is 21.1. The zero-order valence-electron chi connectivity index (χ0n) is 21.1. The minimum Gasteiger partial charge on any atom is -0.383 e. The van der Waals surface area contributed by atoms with Crippen molar-refractivity contribution in [1.82, 2.24) is 15.0 Å². The summed E-state index contributed by atoms with van der Waals surface area (Å²) in [5.41, 5.74) is 0. The van der Waals surface area contributed by atoms with Gasteiger partial charge in [-0.2, -0.15) is 15.0 Å². The molecular weight excluding hydrogens is 432 g/mol. The van der Waals surface area contributed by atoms with Crippen LogP contribution < -0.4 is 14.7 Å². The Balaban J connectivity index is 3.43. The van der Waals surface area contributed by atoms with Gasteiger partial charge in [0, 0.05) is 46.7 Å². The number of methoxy groups -OCH3 is 1. The molecule has 33 heavy (non-hydrogen) atoms. The Bertz CT molecular complexity index is 497. The quantitative estimate of drug-likeness (QED) is 0.243. The summed E-state index contributed by atoms with van der Waals surface area (Å²) in [7, 11) is 1.65. The minimum absolute atomic E-state index is 0.278. The number of anilines is 3. The van der Waals surface area contributed by atoms with Crippen molar-refractivity contribution in [3.8, 4) is 0 Å². The molecule has 12 heteroatoms. The van der Waals surface area contributed by atoms with Crippen LogP contribution in [0.1, 0.15) is 34.6 Å². The van der Waals surface area contributed by atoms with Crippen LogP contribution >= 0.6 is 0 Å². The van der Waals surface area contributed by atoms with Crippen LogP contribution in [0, 0.1) is 0 Å². The Morgan fingerprint density at radius 3 is 1.12 bits per heavy atom. The lowest BCUT2D eigenvalue weighted by Gasteiger charge is -2.28. The highest BCUT2D eigenvalue weighted by Crippen LogP contribution is 2.20. The number of aromatic nitrogens is 3. The Labute approximate surface area is 198 Å². The number of rotatable bonds is 21. The summed E-state index contributed by atoms with van der Waals surface area (Å²) in [4.78, 5) is 19.7. The van der Waals surface area contributed by atoms with Crippen molar-refractivity contribution in [3.05, 3.63) is 0 Å². The van der Waals surface area contributed by atoms with Gasteiger partial charge in [0.2, 0.25) is 17.8 Å². The van der Waals surface area contributed by atoms with E-state index >= 15 is 0 Å². The van der Waals surface area contributed by atoms with Crippen LogP contribution in [0.2, 0.25) is 0 Å². The van der Waals surface area contributed by atoms with Crippen molar-refractivity contribution in [2.24, 2.45) is 0 Å². The van der Waals surface area contributed by atoms with E-state index in [1.165, 1.54) is 0 Å². The molecule has 0 spiro atoms. The Hall–Kier alpha value is -1.83. The molecule has 1 aromatic rings. The lowest BCUT2D eigenvalue weighted by atomic mass is 10.5. The van der Waals surface area contributed by atoms with E-state index in [0.29, 0.717) is 70.8 Å². The van der Waals surface area contributed by atoms with Gasteiger partial charge < -0.3 is 33.3 Å². The summed E-state index contributed by atoms with van der Waals surface area (Å²) in [6.45, 7) is 14.9. The summed E-state index contributed by atoms with van der Waals surface area (Å²) in [6, 6.07) is 0. The lowest BCUT2D eigenvalue weighted by Crippen LogP contribution is -2.37. The summed E-state index contributed by atoms with van der Waals surface area (Å²) in [5, 5.41) is 0. The summed E-state index contributed by atoms with van der Waals surface area (Å²) in [5.74, 6) is 1.30. The van der Waals surface area contributed by atoms with Crippen molar-refractivity contribution >= 4 is 17.8 Å². The third-order valence-electron chi connectivity index (χ3n) is 4.27. The van der Waals surface area contributed by atoms with E-state index in [-0.39, 0.29) is 26.9 Å². The fourth-order valence-corrected chi connectivity index (χ4v) is 2.50. The number of ether oxygens (including phenoxy) is 6. The Morgan fingerprint density at radius 1 is 0.515 bits per heavy atom. The van der Waals surface area contributed by atoms with Gasteiger partial charge in [0.1, 0.15) is 33.7 Å². The summed E-state index contributed by atoms with van der Waals surface area (Å²) >= 11 is 0. The highest BCUT2D eigenvalue weighted by Gasteiger charge is 2.21. The van der Waals surface area contributed by atoms with Crippen LogP contribution in [0.5, 0.6) is 0 Å². The molecule has 1 heterocycles. The molecule has 192 valence electrons. The van der Waals surface area contributed by atoms with Gasteiger partial charge in [-0.25, -0.2) is 0 Å². The highest BCUT2D eigenvalue weighted by atomic mass is 16.5. The second-order valence-corrected chi connectivity index (χ2v) is 6.68. The van der Waals surface area contributed by atoms with Gasteiger partial charge in [-0.05, 0) is 34.6 Å². The molecule has 0 fully saturated rings. The second-order valence-electron chi connectivity index (χ2n) is 6.68. The normalized spacial score (nSPS) is 11.1. The summed E-state index contributed by atoms with van der Waals surface area (Å²) < 4.78 is 33.5. The predicted molar refractivity (Wildman–Crippen MR) is 126 cm³/mol. The van der Waals surface area contributed by atoms with Gasteiger partial charge in [0.15, 0.2) is 0 Å². The van der Waals surface area contributed by atoms with Gasteiger partial charge in [-0.3, -0.25) is 9.80 Å². The van der Waals surface area contributed by atoms with Crippen LogP contribution in [-0.4, -0.2) is 102 Å². The van der Waals surface area contributed by atoms with Crippen molar-refractivity contribution < 1.29 is 28.4 Å². The average molecular weight is 475 g/mol. The van der Waals surface area contributed by atoms with Gasteiger partial charge in [0.25, 0.3) is 0 Å². The van der Waals surface area contributed by atoms with Crippen molar-refractivity contribution in [2.45, 2.75) is 34.6 Å². The van der Waals surface area contributed by atoms with Crippen molar-refractivity contribution in [2.75, 3.05) is 102 Å². The van der Waals surface area contributed by atoms with Crippen LogP contribution in [0.3, 0.4) is 0 Å². The highest BCUT2D eigenvalue weighted by molar-refractivity contribution is 5.46. The molecule has 1 aromatic heterocycles. The molecule has 0 saturated carbocycles. The summed E-state index contributed by atoms with van der Waals surface area (Å²) in [6.07, 6.45) is 0. The molecule has 0 radical (unpaired) electrons. The van der Waals surface area contributed by atoms with Crippen molar-refractivity contribution in [3.63, 3.8) is 0 Å². The molecule has 0 unspecified atom stereocenters. The van der Waals surface area contributed by atoms with Crippen LogP contribution in [-0.2, 0) is 28.4 Å². The molecule has 0 saturated heterocycles. The molecule has 0 amide bonds. The van der Waals surface area contributed by atoms with Gasteiger partial charge in [-0.15, -0.1) is 0 Å². The Kier molecular flexibility index (Phi) is 16.4. The molecule has 0 aliphatic heterocycles. The molecule has 0 N–H and O–H groups in total. The maximum Gasteiger partial charge on any atom is 0.235 e. The third kappa shape index (κ3) is 11.2. The van der Waals surface area contributed by atoms with E-state index in [4.69, 9.17) is 43.4 Å². The van der Waals surface area contributed by atoms with Crippen LogP contribution in [0.15, 0.2) is 0 Å². The van der Waals surface area contributed by atoms with Crippen molar-refractivity contribution in [1.29, 1.82) is 0 Å². The third-order valence-corrected chi connectivity index (χ3v) is 4.27. The molecule has 0 aliphatic rings. The van der Waals surface area contributed by atoms with E-state index in [1.807, 2.05) is 49.3 Å². The monoisotopic (exact) mass is 474 g/mol. The first-order chi connectivity index (χ1) is 16.1. The Morgan fingerprint density at radius 2 is 0.818 bits per heavy atom. The molecule has 0 aliphatic carbocycles. The maximum atomic E-state index is 5.65. The molecule has 0 bridgehead atoms. The van der Waals surface area contributed by atoms with Gasteiger partial charge >= 0.3 is 0 Å². The first kappa shape index (κ1) is 29.2. The molecule has 0 aromatic carbocycles. The second kappa shape index (κ2) is 18.6. The van der Waals surface area contributed by atoms with Gasteiger partial charge in [0.05, 0.1) is 6.61 Å². The van der Waals surface area contributed by atoms with E-state index in [2.05, 4.69) is 0 Å². The minimum atomic E-state index is 0.278. The molecule has 1 rings (SSSR count). The zero-order chi connectivity index (χ0) is 24.3. The molecule has 12 nitrogen and oxygen atoms in total. The average Bonchev–Trinajstić information content (AvgIpc) is 2.84. The number of nitrogens with zero attached hydrogens (tertiary/aromatic N) is 6. The lowest BCUT2D eigenvalue weighted by molar-refractivity contribution is 0.0926. The van der Waals surface area contributed by atoms with Crippen LogP contribution in [0.25, 0.3) is 0 Å².